The molecule has 0 aromatic heterocycles. The van der Waals surface area contributed by atoms with E-state index in [2.05, 4.69) is 77.9 Å². The summed E-state index contributed by atoms with van der Waals surface area (Å²) < 4.78 is 22.7. The molecule has 5 saturated heterocycles. The molecule has 0 amide bonds. The standard InChI is InChI=1S/C34H50N6O4/c1-5-31(6-2-29(1)33(37-13-21-41-22-14-37)38-15-23-42-24-16-38)35-9-11-36(12-10-35)32-7-3-30(4-8-32)34(39-17-25-43-26-18-39)40-19-27-44-28-20-40/h1-8,33-34H,9-28H2. The van der Waals surface area contributed by atoms with E-state index >= 15 is 0 Å². The van der Waals surface area contributed by atoms with E-state index in [-0.39, 0.29) is 0 Å². The molecule has 0 spiro atoms. The summed E-state index contributed by atoms with van der Waals surface area (Å²) in [6.45, 7) is 18.5. The summed E-state index contributed by atoms with van der Waals surface area (Å²) in [6, 6.07) is 18.8. The number of hydrogen-bond donors (Lipinski definition) is 0. The van der Waals surface area contributed by atoms with Gasteiger partial charge in [-0.05, 0) is 35.4 Å². The van der Waals surface area contributed by atoms with Crippen LogP contribution in [0.4, 0.5) is 11.4 Å². The fourth-order valence-electron chi connectivity index (χ4n) is 7.53. The Hall–Kier alpha value is -2.28. The molecule has 0 N–H and O–H groups in total. The highest BCUT2D eigenvalue weighted by Crippen LogP contribution is 2.31. The minimum absolute atomic E-state index is 0.294. The lowest BCUT2D eigenvalue weighted by Gasteiger charge is -2.43. The molecular formula is C34H50N6O4. The van der Waals surface area contributed by atoms with Gasteiger partial charge < -0.3 is 28.7 Å². The normalized spacial score (nSPS) is 24.0. The largest absolute Gasteiger partial charge is 0.379 e. The number of anilines is 2. The topological polar surface area (TPSA) is 56.4 Å². The predicted octanol–water partition coefficient (Wildman–Crippen LogP) is 2.34. The molecule has 0 aliphatic carbocycles. The van der Waals surface area contributed by atoms with Crippen LogP contribution in [0.2, 0.25) is 0 Å². The first-order chi connectivity index (χ1) is 21.8. The monoisotopic (exact) mass is 606 g/mol. The molecular weight excluding hydrogens is 556 g/mol. The van der Waals surface area contributed by atoms with Crippen LogP contribution in [0.1, 0.15) is 23.5 Å². The van der Waals surface area contributed by atoms with Crippen LogP contribution in [0.25, 0.3) is 0 Å². The Balaban J connectivity index is 0.980. The molecule has 10 heteroatoms. The summed E-state index contributed by atoms with van der Waals surface area (Å²) in [5, 5.41) is 0. The number of nitrogens with zero attached hydrogens (tertiary/aromatic N) is 6. The summed E-state index contributed by atoms with van der Waals surface area (Å²) in [5.74, 6) is 0. The van der Waals surface area contributed by atoms with Crippen molar-refractivity contribution < 1.29 is 18.9 Å². The van der Waals surface area contributed by atoms with Crippen LogP contribution in [-0.2, 0) is 18.9 Å². The third-order valence-corrected chi connectivity index (χ3v) is 9.96. The number of morpholine rings is 4. The maximum absolute atomic E-state index is 5.67. The summed E-state index contributed by atoms with van der Waals surface area (Å²) in [4.78, 5) is 15.4. The maximum atomic E-state index is 5.67. The highest BCUT2D eigenvalue weighted by atomic mass is 16.5. The maximum Gasteiger partial charge on any atom is 0.0889 e. The fraction of sp³-hybridized carbons (Fsp3) is 0.647. The second-order valence-electron chi connectivity index (χ2n) is 12.5. The van der Waals surface area contributed by atoms with E-state index in [1.54, 1.807) is 0 Å². The third kappa shape index (κ3) is 7.08. The molecule has 5 aliphatic rings. The lowest BCUT2D eigenvalue weighted by Crippen LogP contribution is -2.50. The van der Waals surface area contributed by atoms with Crippen molar-refractivity contribution in [2.24, 2.45) is 0 Å². The zero-order valence-electron chi connectivity index (χ0n) is 26.2. The van der Waals surface area contributed by atoms with Crippen molar-refractivity contribution in [3.05, 3.63) is 59.7 Å². The van der Waals surface area contributed by atoms with Gasteiger partial charge in [0.2, 0.25) is 0 Å². The first kappa shape index (κ1) is 30.4. The van der Waals surface area contributed by atoms with Gasteiger partial charge in [0.25, 0.3) is 0 Å². The van der Waals surface area contributed by atoms with E-state index in [9.17, 15) is 0 Å². The van der Waals surface area contributed by atoms with Crippen LogP contribution in [0, 0.1) is 0 Å². The summed E-state index contributed by atoms with van der Waals surface area (Å²) >= 11 is 0. The van der Waals surface area contributed by atoms with Crippen molar-refractivity contribution in [2.45, 2.75) is 12.3 Å². The van der Waals surface area contributed by atoms with Crippen molar-refractivity contribution in [1.82, 2.24) is 19.6 Å². The molecule has 0 unspecified atom stereocenters. The van der Waals surface area contributed by atoms with Gasteiger partial charge in [-0.3, -0.25) is 19.6 Å². The molecule has 5 heterocycles. The molecule has 0 radical (unpaired) electrons. The molecule has 0 bridgehead atoms. The van der Waals surface area contributed by atoms with E-state index in [1.165, 1.54) is 22.5 Å². The molecule has 0 atom stereocenters. The quantitative estimate of drug-likeness (QED) is 0.448. The minimum Gasteiger partial charge on any atom is -0.379 e. The lowest BCUT2D eigenvalue weighted by molar-refractivity contribution is -0.0676. The Morgan fingerprint density at radius 2 is 0.591 bits per heavy atom. The average molecular weight is 607 g/mol. The Kier molecular flexibility index (Phi) is 10.3. The summed E-state index contributed by atoms with van der Waals surface area (Å²) in [5.41, 5.74) is 5.41. The van der Waals surface area contributed by atoms with Gasteiger partial charge in [0.05, 0.1) is 65.2 Å². The third-order valence-electron chi connectivity index (χ3n) is 9.96. The van der Waals surface area contributed by atoms with Gasteiger partial charge >= 0.3 is 0 Å². The molecule has 2 aromatic carbocycles. The Labute approximate surface area is 263 Å². The van der Waals surface area contributed by atoms with E-state index < -0.39 is 0 Å². The molecule has 2 aromatic rings. The van der Waals surface area contributed by atoms with Gasteiger partial charge in [-0.2, -0.15) is 0 Å². The SMILES string of the molecule is c1cc(N2CCN(c3ccc(C(N4CCOCC4)N4CCOCC4)cc3)CC2)ccc1C(N1CCOCC1)N1CCOCC1. The Morgan fingerprint density at radius 1 is 0.341 bits per heavy atom. The van der Waals surface area contributed by atoms with Crippen molar-refractivity contribution >= 4 is 11.4 Å². The van der Waals surface area contributed by atoms with Gasteiger partial charge in [0.15, 0.2) is 0 Å². The molecule has 10 nitrogen and oxygen atoms in total. The van der Waals surface area contributed by atoms with Crippen LogP contribution in [-0.4, -0.2) is 151 Å². The first-order valence-electron chi connectivity index (χ1n) is 16.8. The van der Waals surface area contributed by atoms with Crippen molar-refractivity contribution in [3.8, 4) is 0 Å². The number of rotatable bonds is 8. The molecule has 5 fully saturated rings. The smallest absolute Gasteiger partial charge is 0.0889 e. The Bertz CT molecular complexity index is 1010. The van der Waals surface area contributed by atoms with E-state index in [0.29, 0.717) is 12.3 Å². The van der Waals surface area contributed by atoms with Gasteiger partial charge in [0, 0.05) is 89.9 Å². The molecule has 240 valence electrons. The second-order valence-corrected chi connectivity index (χ2v) is 12.5. The minimum atomic E-state index is 0.294. The highest BCUT2D eigenvalue weighted by molar-refractivity contribution is 5.53. The molecule has 0 saturated carbocycles. The average Bonchev–Trinajstić information content (AvgIpc) is 3.11. The second kappa shape index (κ2) is 14.9. The lowest BCUT2D eigenvalue weighted by atomic mass is 10.1. The first-order valence-corrected chi connectivity index (χ1v) is 16.8. The number of benzene rings is 2. The molecule has 7 rings (SSSR count). The van der Waals surface area contributed by atoms with Crippen LogP contribution < -0.4 is 9.80 Å². The summed E-state index contributed by atoms with van der Waals surface area (Å²) in [7, 11) is 0. The highest BCUT2D eigenvalue weighted by Gasteiger charge is 2.31. The van der Waals surface area contributed by atoms with E-state index in [1.807, 2.05) is 0 Å². The summed E-state index contributed by atoms with van der Waals surface area (Å²) in [6.07, 6.45) is 0.588. The van der Waals surface area contributed by atoms with E-state index in [4.69, 9.17) is 18.9 Å². The van der Waals surface area contributed by atoms with E-state index in [0.717, 1.165) is 131 Å². The zero-order valence-corrected chi connectivity index (χ0v) is 26.2. The predicted molar refractivity (Wildman–Crippen MR) is 172 cm³/mol. The number of ether oxygens (including phenoxy) is 4. The number of piperazine rings is 1. The van der Waals surface area contributed by atoms with Gasteiger partial charge in [-0.1, -0.05) is 24.3 Å². The van der Waals surface area contributed by atoms with Gasteiger partial charge in [-0.25, -0.2) is 0 Å². The van der Waals surface area contributed by atoms with Gasteiger partial charge in [0.1, 0.15) is 0 Å². The van der Waals surface area contributed by atoms with Crippen molar-refractivity contribution in [1.29, 1.82) is 0 Å². The fourth-order valence-corrected chi connectivity index (χ4v) is 7.53. The molecule has 44 heavy (non-hydrogen) atoms. The van der Waals surface area contributed by atoms with Crippen LogP contribution >= 0.6 is 0 Å². The number of hydrogen-bond acceptors (Lipinski definition) is 10. The Morgan fingerprint density at radius 3 is 0.841 bits per heavy atom. The van der Waals surface area contributed by atoms with Crippen molar-refractivity contribution in [3.63, 3.8) is 0 Å². The van der Waals surface area contributed by atoms with Crippen LogP contribution in [0.5, 0.6) is 0 Å². The van der Waals surface area contributed by atoms with Crippen LogP contribution in [0.15, 0.2) is 48.5 Å². The molecule has 5 aliphatic heterocycles. The van der Waals surface area contributed by atoms with Crippen molar-refractivity contribution in [2.75, 3.05) is 141 Å². The zero-order chi connectivity index (χ0) is 29.6. The van der Waals surface area contributed by atoms with Crippen LogP contribution in [0.3, 0.4) is 0 Å². The van der Waals surface area contributed by atoms with Gasteiger partial charge in [-0.15, -0.1) is 0 Å².